The minimum absolute atomic E-state index is 0.0839. The van der Waals surface area contributed by atoms with Gasteiger partial charge in [0.05, 0.1) is 0 Å². The second-order valence-corrected chi connectivity index (χ2v) is 7.56. The molecule has 0 amide bonds. The van der Waals surface area contributed by atoms with Crippen molar-refractivity contribution in [2.24, 2.45) is 5.92 Å². The number of aryl methyl sites for hydroxylation is 2. The number of nitrogens with zero attached hydrogens (tertiary/aromatic N) is 2. The van der Waals surface area contributed by atoms with Crippen molar-refractivity contribution in [1.29, 1.82) is 0 Å². The molecule has 0 aliphatic carbocycles. The van der Waals surface area contributed by atoms with Gasteiger partial charge in [0, 0.05) is 31.6 Å². The molecule has 2 aromatic rings. The Kier molecular flexibility index (Phi) is 6.19. The molecule has 0 bridgehead atoms. The average Bonchev–Trinajstić information content (AvgIpc) is 2.64. The average molecular weight is 372 g/mol. The number of aromatic nitrogens is 1. The first-order valence-corrected chi connectivity index (χ1v) is 9.59. The third kappa shape index (κ3) is 5.12. The highest BCUT2D eigenvalue weighted by Gasteiger charge is 2.20. The van der Waals surface area contributed by atoms with Crippen LogP contribution in [0.5, 0.6) is 0 Å². The van der Waals surface area contributed by atoms with E-state index in [0.29, 0.717) is 6.42 Å². The number of anilines is 1. The molecule has 2 heterocycles. The van der Waals surface area contributed by atoms with Gasteiger partial charge in [-0.2, -0.15) is 0 Å². The summed E-state index contributed by atoms with van der Waals surface area (Å²) in [4.78, 5) is 19.3. The topological polar surface area (TPSA) is 33.2 Å². The molecule has 3 nitrogen and oxygen atoms in total. The Bertz CT molecular complexity index is 814. The predicted molar refractivity (Wildman–Crippen MR) is 103 cm³/mol. The normalized spacial score (nSPS) is 15.2. The van der Waals surface area contributed by atoms with Crippen molar-refractivity contribution in [3.05, 3.63) is 58.8 Å². The molecule has 1 saturated heterocycles. The molecule has 1 aromatic heterocycles. The quantitative estimate of drug-likeness (QED) is 0.740. The fraction of sp³-hybridized carbons (Fsp3) is 0.455. The lowest BCUT2D eigenvalue weighted by Crippen LogP contribution is -2.34. The lowest BCUT2D eigenvalue weighted by molar-refractivity contribution is -0.118. The first-order valence-electron chi connectivity index (χ1n) is 9.59. The van der Waals surface area contributed by atoms with Crippen molar-refractivity contribution in [1.82, 2.24) is 4.98 Å². The van der Waals surface area contributed by atoms with Gasteiger partial charge in [-0.25, -0.2) is 13.8 Å². The molecule has 1 aromatic carbocycles. The van der Waals surface area contributed by atoms with Gasteiger partial charge in [-0.1, -0.05) is 13.0 Å². The van der Waals surface area contributed by atoms with E-state index in [0.717, 1.165) is 67.1 Å². The molecule has 1 aliphatic heterocycles. The Labute approximate surface area is 159 Å². The maximum atomic E-state index is 13.7. The molecule has 0 atom stereocenters. The molecular weight excluding hydrogens is 346 g/mol. The summed E-state index contributed by atoms with van der Waals surface area (Å²) in [7, 11) is 0. The highest BCUT2D eigenvalue weighted by Crippen LogP contribution is 2.26. The van der Waals surface area contributed by atoms with E-state index < -0.39 is 11.6 Å². The number of carbonyl (C=O) groups excluding carboxylic acids is 1. The predicted octanol–water partition coefficient (Wildman–Crippen LogP) is 4.65. The maximum Gasteiger partial charge on any atom is 0.137 e. The van der Waals surface area contributed by atoms with Crippen LogP contribution >= 0.6 is 0 Å². The number of hydrogen-bond acceptors (Lipinski definition) is 3. The molecule has 1 aliphatic rings. The van der Waals surface area contributed by atoms with Crippen LogP contribution in [0.3, 0.4) is 0 Å². The van der Waals surface area contributed by atoms with E-state index in [4.69, 9.17) is 4.98 Å². The first-order chi connectivity index (χ1) is 12.9. The summed E-state index contributed by atoms with van der Waals surface area (Å²) < 4.78 is 27.0. The molecule has 0 spiro atoms. The smallest absolute Gasteiger partial charge is 0.137 e. The summed E-state index contributed by atoms with van der Waals surface area (Å²) in [6.45, 7) is 6.20. The first kappa shape index (κ1) is 19.5. The summed E-state index contributed by atoms with van der Waals surface area (Å²) in [5.41, 5.74) is 2.12. The number of Topliss-reactive ketones (excluding diaryl/α,β-unsaturated/α-hetero) is 1. The number of ketones is 1. The fourth-order valence-corrected chi connectivity index (χ4v) is 3.51. The largest absolute Gasteiger partial charge is 0.356 e. The zero-order valence-electron chi connectivity index (χ0n) is 16.0. The standard InChI is InChI=1S/C22H26F2N2O/c1-15-9-11-26(12-10-15)22-17(4-3-16(2)25-22)5-7-20(27)14-18-13-19(23)6-8-21(18)24/h3-4,6,8,13,15H,5,7,9-12,14H2,1-2H3. The summed E-state index contributed by atoms with van der Waals surface area (Å²) in [6, 6.07) is 7.22. The molecule has 0 unspecified atom stereocenters. The van der Waals surface area contributed by atoms with E-state index >= 15 is 0 Å². The van der Waals surface area contributed by atoms with Crippen LogP contribution in [0.25, 0.3) is 0 Å². The monoisotopic (exact) mass is 372 g/mol. The molecule has 0 N–H and O–H groups in total. The SMILES string of the molecule is Cc1ccc(CCC(=O)Cc2cc(F)ccc2F)c(N2CCC(C)CC2)n1. The van der Waals surface area contributed by atoms with Gasteiger partial charge < -0.3 is 4.90 Å². The molecule has 144 valence electrons. The molecule has 1 fully saturated rings. The van der Waals surface area contributed by atoms with E-state index in [9.17, 15) is 13.6 Å². The van der Waals surface area contributed by atoms with Crippen molar-refractivity contribution in [3.8, 4) is 0 Å². The maximum absolute atomic E-state index is 13.7. The number of piperidine rings is 1. The lowest BCUT2D eigenvalue weighted by atomic mass is 9.98. The molecule has 27 heavy (non-hydrogen) atoms. The van der Waals surface area contributed by atoms with E-state index in [2.05, 4.69) is 11.8 Å². The molecule has 3 rings (SSSR count). The minimum atomic E-state index is -0.537. The minimum Gasteiger partial charge on any atom is -0.356 e. The van der Waals surface area contributed by atoms with E-state index in [-0.39, 0.29) is 24.2 Å². The van der Waals surface area contributed by atoms with Crippen LogP contribution < -0.4 is 4.90 Å². The van der Waals surface area contributed by atoms with Crippen LogP contribution in [-0.4, -0.2) is 23.9 Å². The third-order valence-corrected chi connectivity index (χ3v) is 5.25. The van der Waals surface area contributed by atoms with Gasteiger partial charge in [-0.15, -0.1) is 0 Å². The lowest BCUT2D eigenvalue weighted by Gasteiger charge is -2.32. The summed E-state index contributed by atoms with van der Waals surface area (Å²) in [5.74, 6) is 0.538. The summed E-state index contributed by atoms with van der Waals surface area (Å²) in [6.07, 6.45) is 3.06. The van der Waals surface area contributed by atoms with E-state index in [1.165, 1.54) is 0 Å². The Hall–Kier alpha value is -2.30. The van der Waals surface area contributed by atoms with Crippen LogP contribution in [0.15, 0.2) is 30.3 Å². The number of hydrogen-bond donors (Lipinski definition) is 0. The summed E-state index contributed by atoms with van der Waals surface area (Å²) in [5, 5.41) is 0. The summed E-state index contributed by atoms with van der Waals surface area (Å²) >= 11 is 0. The number of pyridine rings is 1. The van der Waals surface area contributed by atoms with E-state index in [1.54, 1.807) is 0 Å². The van der Waals surface area contributed by atoms with Crippen molar-refractivity contribution in [3.63, 3.8) is 0 Å². The number of carbonyl (C=O) groups is 1. The van der Waals surface area contributed by atoms with Gasteiger partial charge in [-0.05, 0) is 67.5 Å². The molecular formula is C22H26F2N2O. The number of halogens is 2. The van der Waals surface area contributed by atoms with Gasteiger partial charge >= 0.3 is 0 Å². The highest BCUT2D eigenvalue weighted by molar-refractivity contribution is 5.81. The van der Waals surface area contributed by atoms with E-state index in [1.807, 2.05) is 19.1 Å². The van der Waals surface area contributed by atoms with Crippen molar-refractivity contribution < 1.29 is 13.6 Å². The second-order valence-electron chi connectivity index (χ2n) is 7.56. The van der Waals surface area contributed by atoms with Gasteiger partial charge in [0.1, 0.15) is 23.2 Å². The van der Waals surface area contributed by atoms with Crippen molar-refractivity contribution in [2.75, 3.05) is 18.0 Å². The Morgan fingerprint density at radius 2 is 1.89 bits per heavy atom. The van der Waals surface area contributed by atoms with Gasteiger partial charge in [-0.3, -0.25) is 4.79 Å². The zero-order chi connectivity index (χ0) is 19.4. The Balaban J connectivity index is 1.67. The molecule has 0 saturated carbocycles. The Morgan fingerprint density at radius 3 is 2.63 bits per heavy atom. The number of benzene rings is 1. The van der Waals surface area contributed by atoms with Gasteiger partial charge in [0.15, 0.2) is 0 Å². The van der Waals surface area contributed by atoms with Crippen molar-refractivity contribution in [2.45, 2.75) is 46.0 Å². The highest BCUT2D eigenvalue weighted by atomic mass is 19.1. The van der Waals surface area contributed by atoms with Crippen molar-refractivity contribution >= 4 is 11.6 Å². The van der Waals surface area contributed by atoms with Gasteiger partial charge in [0.2, 0.25) is 0 Å². The Morgan fingerprint density at radius 1 is 1.15 bits per heavy atom. The van der Waals surface area contributed by atoms with Crippen LogP contribution in [0.4, 0.5) is 14.6 Å². The molecule has 5 heteroatoms. The number of rotatable bonds is 6. The fourth-order valence-electron chi connectivity index (χ4n) is 3.51. The van der Waals surface area contributed by atoms with Crippen LogP contribution in [0.2, 0.25) is 0 Å². The third-order valence-electron chi connectivity index (χ3n) is 5.25. The van der Waals surface area contributed by atoms with Crippen LogP contribution in [0, 0.1) is 24.5 Å². The van der Waals surface area contributed by atoms with Crippen LogP contribution in [-0.2, 0) is 17.6 Å². The van der Waals surface area contributed by atoms with Gasteiger partial charge in [0.25, 0.3) is 0 Å². The molecule has 0 radical (unpaired) electrons. The zero-order valence-corrected chi connectivity index (χ0v) is 16.0. The van der Waals surface area contributed by atoms with Crippen LogP contribution in [0.1, 0.15) is 43.0 Å². The second kappa shape index (κ2) is 8.59.